The van der Waals surface area contributed by atoms with Crippen molar-refractivity contribution in [1.29, 1.82) is 0 Å². The minimum Gasteiger partial charge on any atom is -0.348 e. The molecule has 2 heterocycles. The van der Waals surface area contributed by atoms with Gasteiger partial charge in [-0.3, -0.25) is 0 Å². The van der Waals surface area contributed by atoms with Crippen molar-refractivity contribution in [2.24, 2.45) is 34.5 Å². The van der Waals surface area contributed by atoms with E-state index in [1.165, 1.54) is 38.5 Å². The highest BCUT2D eigenvalue weighted by atomic mass is 16.7. The molecule has 0 bridgehead atoms. The molecule has 4 nitrogen and oxygen atoms in total. The van der Waals surface area contributed by atoms with E-state index in [1.54, 1.807) is 0 Å². The third-order valence-electron chi connectivity index (χ3n) is 10.3. The molecule has 6 rings (SSSR count). The van der Waals surface area contributed by atoms with Crippen molar-refractivity contribution in [3.8, 4) is 0 Å². The van der Waals surface area contributed by atoms with Gasteiger partial charge >= 0.3 is 0 Å². The average Bonchev–Trinajstić information content (AvgIpc) is 3.38. The molecule has 4 aliphatic carbocycles. The normalized spacial score (nSPS) is 52.7. The molecule has 27 heavy (non-hydrogen) atoms. The lowest BCUT2D eigenvalue weighted by molar-refractivity contribution is -0.257. The minimum atomic E-state index is -0.261. The van der Waals surface area contributed by atoms with E-state index in [0.717, 1.165) is 69.4 Å². The first kappa shape index (κ1) is 17.7. The first-order chi connectivity index (χ1) is 13.0. The summed E-state index contributed by atoms with van der Waals surface area (Å²) in [5.41, 5.74) is 0.694. The fraction of sp³-hybridized carbons (Fsp3) is 1.00. The van der Waals surface area contributed by atoms with Crippen LogP contribution in [0.3, 0.4) is 0 Å². The van der Waals surface area contributed by atoms with Gasteiger partial charge in [-0.05, 0) is 67.6 Å². The Balaban J connectivity index is 1.28. The van der Waals surface area contributed by atoms with Crippen LogP contribution in [0.5, 0.6) is 0 Å². The third kappa shape index (κ3) is 2.19. The molecule has 0 unspecified atom stereocenters. The second-order valence-electron chi connectivity index (χ2n) is 10.9. The van der Waals surface area contributed by atoms with E-state index < -0.39 is 0 Å². The maximum atomic E-state index is 6.29. The number of hydrogen-bond donors (Lipinski definition) is 0. The summed E-state index contributed by atoms with van der Waals surface area (Å²) in [6.07, 6.45) is 11.3. The van der Waals surface area contributed by atoms with Crippen LogP contribution in [0.15, 0.2) is 0 Å². The van der Waals surface area contributed by atoms with E-state index >= 15 is 0 Å². The van der Waals surface area contributed by atoms with Crippen molar-refractivity contribution in [2.75, 3.05) is 26.4 Å². The SMILES string of the molecule is C[C@]12CCC3(C[C@@H]1CC[C@@H]1[C@@H]2CC[C@@]2(C)[C@H]1CCC21OCCO1)OCCO3. The van der Waals surface area contributed by atoms with Crippen molar-refractivity contribution in [1.82, 2.24) is 0 Å². The van der Waals surface area contributed by atoms with Gasteiger partial charge in [-0.25, -0.2) is 0 Å². The van der Waals surface area contributed by atoms with E-state index in [1.807, 2.05) is 0 Å². The zero-order chi connectivity index (χ0) is 18.3. The van der Waals surface area contributed by atoms with Crippen molar-refractivity contribution in [3.63, 3.8) is 0 Å². The van der Waals surface area contributed by atoms with Gasteiger partial charge in [0.2, 0.25) is 0 Å². The van der Waals surface area contributed by atoms with Crippen LogP contribution in [0.4, 0.5) is 0 Å². The smallest absolute Gasteiger partial charge is 0.174 e. The molecule has 0 amide bonds. The molecule has 6 aliphatic rings. The number of rotatable bonds is 0. The Kier molecular flexibility index (Phi) is 3.74. The zero-order valence-corrected chi connectivity index (χ0v) is 17.1. The van der Waals surface area contributed by atoms with Crippen LogP contribution in [0, 0.1) is 34.5 Å². The van der Waals surface area contributed by atoms with Crippen LogP contribution in [0.25, 0.3) is 0 Å². The Bertz CT molecular complexity index is 607. The largest absolute Gasteiger partial charge is 0.348 e. The second-order valence-corrected chi connectivity index (χ2v) is 10.9. The predicted octanol–water partition coefficient (Wildman–Crippen LogP) is 4.52. The van der Waals surface area contributed by atoms with Gasteiger partial charge < -0.3 is 18.9 Å². The molecule has 0 radical (unpaired) electrons. The Morgan fingerprint density at radius 1 is 0.667 bits per heavy atom. The van der Waals surface area contributed by atoms with Gasteiger partial charge in [0.15, 0.2) is 11.6 Å². The maximum Gasteiger partial charge on any atom is 0.174 e. The van der Waals surface area contributed by atoms with Gasteiger partial charge in [-0.2, -0.15) is 0 Å². The van der Waals surface area contributed by atoms with Gasteiger partial charge in [0, 0.05) is 24.7 Å². The summed E-state index contributed by atoms with van der Waals surface area (Å²) in [5, 5.41) is 0. The molecule has 0 N–H and O–H groups in total. The molecule has 4 heteroatoms. The predicted molar refractivity (Wildman–Crippen MR) is 101 cm³/mol. The van der Waals surface area contributed by atoms with Gasteiger partial charge in [-0.1, -0.05) is 13.8 Å². The van der Waals surface area contributed by atoms with Crippen LogP contribution < -0.4 is 0 Å². The van der Waals surface area contributed by atoms with Crippen LogP contribution in [0.2, 0.25) is 0 Å². The van der Waals surface area contributed by atoms with Gasteiger partial charge in [0.05, 0.1) is 26.4 Å². The van der Waals surface area contributed by atoms with E-state index in [2.05, 4.69) is 13.8 Å². The highest BCUT2D eigenvalue weighted by Crippen LogP contribution is 2.70. The van der Waals surface area contributed by atoms with Crippen LogP contribution >= 0.6 is 0 Å². The third-order valence-corrected chi connectivity index (χ3v) is 10.3. The van der Waals surface area contributed by atoms with Crippen LogP contribution in [-0.4, -0.2) is 38.0 Å². The van der Waals surface area contributed by atoms with Gasteiger partial charge in [-0.15, -0.1) is 0 Å². The Labute approximate surface area is 163 Å². The summed E-state index contributed by atoms with van der Waals surface area (Å²) in [6, 6.07) is 0. The fourth-order valence-corrected chi connectivity index (χ4v) is 8.84. The van der Waals surface area contributed by atoms with Crippen molar-refractivity contribution in [2.45, 2.75) is 83.2 Å². The number of ether oxygens (including phenoxy) is 4. The molecule has 0 aromatic rings. The lowest BCUT2D eigenvalue weighted by Crippen LogP contribution is -2.58. The summed E-state index contributed by atoms with van der Waals surface area (Å²) in [4.78, 5) is 0. The van der Waals surface area contributed by atoms with E-state index in [0.29, 0.717) is 5.41 Å². The lowest BCUT2D eigenvalue weighted by atomic mass is 9.44. The summed E-state index contributed by atoms with van der Waals surface area (Å²) in [6.45, 7) is 8.27. The van der Waals surface area contributed by atoms with Crippen molar-refractivity contribution in [3.05, 3.63) is 0 Å². The molecule has 6 fully saturated rings. The summed E-state index contributed by atoms with van der Waals surface area (Å²) in [7, 11) is 0. The molecule has 4 saturated carbocycles. The quantitative estimate of drug-likeness (QED) is 0.623. The highest BCUT2D eigenvalue weighted by Gasteiger charge is 2.67. The van der Waals surface area contributed by atoms with Gasteiger partial charge in [0.1, 0.15) is 0 Å². The molecule has 0 aromatic heterocycles. The van der Waals surface area contributed by atoms with Crippen molar-refractivity contribution < 1.29 is 18.9 Å². The Hall–Kier alpha value is -0.160. The summed E-state index contributed by atoms with van der Waals surface area (Å²) >= 11 is 0. The van der Waals surface area contributed by atoms with Crippen LogP contribution in [-0.2, 0) is 18.9 Å². The molecular formula is C23H36O4. The summed E-state index contributed by atoms with van der Waals surface area (Å²) < 4.78 is 24.8. The maximum absolute atomic E-state index is 6.29. The Morgan fingerprint density at radius 3 is 2.15 bits per heavy atom. The highest BCUT2D eigenvalue weighted by molar-refractivity contribution is 5.13. The second kappa shape index (κ2) is 5.71. The van der Waals surface area contributed by atoms with E-state index in [4.69, 9.17) is 18.9 Å². The molecule has 2 aliphatic heterocycles. The first-order valence-electron chi connectivity index (χ1n) is 11.6. The van der Waals surface area contributed by atoms with E-state index in [9.17, 15) is 0 Å². The zero-order valence-electron chi connectivity index (χ0n) is 17.1. The lowest BCUT2D eigenvalue weighted by Gasteiger charge is -2.62. The van der Waals surface area contributed by atoms with E-state index in [-0.39, 0.29) is 17.0 Å². The fourth-order valence-electron chi connectivity index (χ4n) is 8.84. The molecule has 152 valence electrons. The molecule has 2 spiro atoms. The number of fused-ring (bicyclic) bond motifs is 6. The first-order valence-corrected chi connectivity index (χ1v) is 11.6. The summed E-state index contributed by atoms with van der Waals surface area (Å²) in [5.74, 6) is 2.78. The Morgan fingerprint density at radius 2 is 1.37 bits per heavy atom. The molecule has 2 saturated heterocycles. The van der Waals surface area contributed by atoms with Crippen molar-refractivity contribution >= 4 is 0 Å². The van der Waals surface area contributed by atoms with Crippen LogP contribution in [0.1, 0.15) is 71.6 Å². The minimum absolute atomic E-state index is 0.224. The monoisotopic (exact) mass is 376 g/mol. The molecule has 0 aromatic carbocycles. The van der Waals surface area contributed by atoms with Gasteiger partial charge in [0.25, 0.3) is 0 Å². The topological polar surface area (TPSA) is 36.9 Å². The average molecular weight is 377 g/mol. The standard InChI is InChI=1S/C23H36O4/c1-20-9-10-22(24-11-12-25-22)15-16(20)3-4-17-18(20)5-7-21(2)19(17)6-8-23(21)26-13-14-27-23/h16-19H,3-15H2,1-2H3/t16-,17+,18-,19-,20-,21-/m0/s1. The molecular weight excluding hydrogens is 340 g/mol. The molecule has 6 atom stereocenters. The number of hydrogen-bond acceptors (Lipinski definition) is 4.